The maximum absolute atomic E-state index is 5.86. The summed E-state index contributed by atoms with van der Waals surface area (Å²) >= 11 is 1.80. The summed E-state index contributed by atoms with van der Waals surface area (Å²) in [5, 5.41) is 3.86. The van der Waals surface area contributed by atoms with Crippen molar-refractivity contribution < 1.29 is 4.52 Å². The molecule has 15 heavy (non-hydrogen) atoms. The van der Waals surface area contributed by atoms with Gasteiger partial charge in [0.15, 0.2) is 5.82 Å². The van der Waals surface area contributed by atoms with Gasteiger partial charge in [0.25, 0.3) is 0 Å². The van der Waals surface area contributed by atoms with Crippen LogP contribution in [0.2, 0.25) is 0 Å². The number of aromatic nitrogens is 2. The Bertz CT molecular complexity index is 304. The molecular formula is C10H19N3OS. The molecule has 1 rings (SSSR count). The summed E-state index contributed by atoms with van der Waals surface area (Å²) in [5.41, 5.74) is 5.33. The highest BCUT2D eigenvalue weighted by Crippen LogP contribution is 2.17. The van der Waals surface area contributed by atoms with Crippen LogP contribution >= 0.6 is 11.8 Å². The number of nitrogens with zero attached hydrogens (tertiary/aromatic N) is 2. The summed E-state index contributed by atoms with van der Waals surface area (Å²) in [7, 11) is 0. The Morgan fingerprint density at radius 2 is 2.13 bits per heavy atom. The van der Waals surface area contributed by atoms with Crippen LogP contribution < -0.4 is 5.73 Å². The zero-order valence-electron chi connectivity index (χ0n) is 9.78. The van der Waals surface area contributed by atoms with E-state index in [9.17, 15) is 0 Å². The van der Waals surface area contributed by atoms with Crippen molar-refractivity contribution in [2.45, 2.75) is 39.0 Å². The summed E-state index contributed by atoms with van der Waals surface area (Å²) < 4.78 is 5.11. The maximum atomic E-state index is 5.86. The summed E-state index contributed by atoms with van der Waals surface area (Å²) in [6, 6.07) is 0. The van der Waals surface area contributed by atoms with Crippen molar-refractivity contribution >= 4 is 11.8 Å². The molecule has 0 fully saturated rings. The minimum absolute atomic E-state index is 0.523. The second-order valence-corrected chi connectivity index (χ2v) is 5.67. The van der Waals surface area contributed by atoms with Crippen molar-refractivity contribution in [1.82, 2.24) is 10.1 Å². The number of rotatable bonds is 5. The molecule has 1 heterocycles. The van der Waals surface area contributed by atoms with Crippen LogP contribution in [0, 0.1) is 5.92 Å². The predicted molar refractivity (Wildman–Crippen MR) is 62.5 cm³/mol. The quantitative estimate of drug-likeness (QED) is 0.838. The summed E-state index contributed by atoms with van der Waals surface area (Å²) in [6.45, 7) is 8.11. The molecule has 1 aromatic heterocycles. The van der Waals surface area contributed by atoms with Crippen LogP contribution in [0.25, 0.3) is 0 Å². The van der Waals surface area contributed by atoms with Crippen molar-refractivity contribution in [3.8, 4) is 0 Å². The molecule has 0 saturated heterocycles. The summed E-state index contributed by atoms with van der Waals surface area (Å²) in [5.74, 6) is 3.78. The number of hydrogen-bond donors (Lipinski definition) is 1. The molecular weight excluding hydrogens is 210 g/mol. The van der Waals surface area contributed by atoms with Crippen LogP contribution in [0.1, 0.15) is 39.4 Å². The first kappa shape index (κ1) is 12.5. The number of hydrogen-bond acceptors (Lipinski definition) is 5. The highest BCUT2D eigenvalue weighted by molar-refractivity contribution is 7.98. The molecule has 1 aromatic rings. The average Bonchev–Trinajstić information content (AvgIpc) is 2.51. The molecule has 2 N–H and O–H groups in total. The highest BCUT2D eigenvalue weighted by atomic mass is 32.2. The van der Waals surface area contributed by atoms with E-state index in [-0.39, 0.29) is 0 Å². The smallest absolute Gasteiger partial charge is 0.236 e. The van der Waals surface area contributed by atoms with Gasteiger partial charge in [-0.15, -0.1) is 0 Å². The second-order valence-electron chi connectivity index (χ2n) is 4.64. The molecule has 5 heteroatoms. The Morgan fingerprint density at radius 3 is 2.60 bits per heavy atom. The largest absolute Gasteiger partial charge is 0.338 e. The van der Waals surface area contributed by atoms with Gasteiger partial charge < -0.3 is 10.3 Å². The number of nitrogens with two attached hydrogens (primary N) is 1. The topological polar surface area (TPSA) is 64.9 Å². The van der Waals surface area contributed by atoms with E-state index in [2.05, 4.69) is 24.0 Å². The summed E-state index contributed by atoms with van der Waals surface area (Å²) in [4.78, 5) is 4.25. The lowest BCUT2D eigenvalue weighted by Crippen LogP contribution is -2.30. The fourth-order valence-corrected chi connectivity index (χ4v) is 1.84. The van der Waals surface area contributed by atoms with Crippen LogP contribution in [0.15, 0.2) is 4.52 Å². The summed E-state index contributed by atoms with van der Waals surface area (Å²) in [6.07, 6.45) is 0. The molecule has 0 amide bonds. The molecule has 4 nitrogen and oxygen atoms in total. The Morgan fingerprint density at radius 1 is 1.47 bits per heavy atom. The SMILES string of the molecule is CC(C)CSCc1nc(C(C)(C)N)no1. The molecule has 86 valence electrons. The van der Waals surface area contributed by atoms with Gasteiger partial charge in [-0.05, 0) is 25.5 Å². The van der Waals surface area contributed by atoms with Crippen LogP contribution in [0.3, 0.4) is 0 Å². The second kappa shape index (κ2) is 4.99. The zero-order valence-corrected chi connectivity index (χ0v) is 10.6. The lowest BCUT2D eigenvalue weighted by atomic mass is 10.1. The third-order valence-electron chi connectivity index (χ3n) is 1.72. The lowest BCUT2D eigenvalue weighted by Gasteiger charge is -2.11. The van der Waals surface area contributed by atoms with Gasteiger partial charge in [0.05, 0.1) is 11.3 Å². The van der Waals surface area contributed by atoms with Gasteiger partial charge in [-0.1, -0.05) is 19.0 Å². The average molecular weight is 229 g/mol. The standard InChI is InChI=1S/C10H19N3OS/c1-7(2)5-15-6-8-12-9(13-14-8)10(3,4)11/h7H,5-6,11H2,1-4H3. The van der Waals surface area contributed by atoms with E-state index in [1.165, 1.54) is 0 Å². The van der Waals surface area contributed by atoms with E-state index < -0.39 is 5.54 Å². The molecule has 0 aliphatic carbocycles. The molecule has 0 bridgehead atoms. The van der Waals surface area contributed by atoms with Crippen molar-refractivity contribution in [2.75, 3.05) is 5.75 Å². The van der Waals surface area contributed by atoms with Gasteiger partial charge >= 0.3 is 0 Å². The minimum atomic E-state index is -0.523. The van der Waals surface area contributed by atoms with E-state index in [4.69, 9.17) is 10.3 Å². The molecule has 0 aromatic carbocycles. The van der Waals surface area contributed by atoms with E-state index in [0.29, 0.717) is 17.6 Å². The zero-order chi connectivity index (χ0) is 11.5. The van der Waals surface area contributed by atoms with Gasteiger partial charge in [0.2, 0.25) is 5.89 Å². The van der Waals surface area contributed by atoms with E-state index in [0.717, 1.165) is 11.5 Å². The normalized spacial score (nSPS) is 12.4. The predicted octanol–water partition coefficient (Wildman–Crippen LogP) is 2.15. The highest BCUT2D eigenvalue weighted by Gasteiger charge is 2.21. The molecule has 0 saturated carbocycles. The first-order valence-corrected chi connectivity index (χ1v) is 6.24. The molecule has 0 radical (unpaired) electrons. The molecule has 0 aliphatic heterocycles. The molecule has 0 atom stereocenters. The van der Waals surface area contributed by atoms with E-state index in [1.807, 2.05) is 13.8 Å². The van der Waals surface area contributed by atoms with Crippen molar-refractivity contribution in [3.63, 3.8) is 0 Å². The van der Waals surface area contributed by atoms with Crippen LogP contribution in [-0.2, 0) is 11.3 Å². The van der Waals surface area contributed by atoms with Crippen LogP contribution in [0.4, 0.5) is 0 Å². The molecule has 0 unspecified atom stereocenters. The van der Waals surface area contributed by atoms with Gasteiger partial charge in [0, 0.05) is 0 Å². The van der Waals surface area contributed by atoms with Crippen LogP contribution in [-0.4, -0.2) is 15.9 Å². The first-order valence-electron chi connectivity index (χ1n) is 5.09. The molecule has 0 aliphatic rings. The Balaban J connectivity index is 2.47. The Kier molecular flexibility index (Phi) is 4.16. The van der Waals surface area contributed by atoms with E-state index >= 15 is 0 Å². The third kappa shape index (κ3) is 4.22. The Hall–Kier alpha value is -0.550. The maximum Gasteiger partial charge on any atom is 0.236 e. The minimum Gasteiger partial charge on any atom is -0.338 e. The fraction of sp³-hybridized carbons (Fsp3) is 0.800. The Labute approximate surface area is 95.0 Å². The van der Waals surface area contributed by atoms with Crippen molar-refractivity contribution in [3.05, 3.63) is 11.7 Å². The van der Waals surface area contributed by atoms with Gasteiger partial charge in [-0.3, -0.25) is 0 Å². The molecule has 0 spiro atoms. The van der Waals surface area contributed by atoms with Gasteiger partial charge in [-0.2, -0.15) is 16.7 Å². The van der Waals surface area contributed by atoms with Crippen molar-refractivity contribution in [2.24, 2.45) is 11.7 Å². The first-order chi connectivity index (χ1) is 6.89. The third-order valence-corrected chi connectivity index (χ3v) is 3.07. The van der Waals surface area contributed by atoms with Crippen LogP contribution in [0.5, 0.6) is 0 Å². The number of thioether (sulfide) groups is 1. The van der Waals surface area contributed by atoms with Crippen molar-refractivity contribution in [1.29, 1.82) is 0 Å². The lowest BCUT2D eigenvalue weighted by molar-refractivity contribution is 0.370. The fourth-order valence-electron chi connectivity index (χ4n) is 0.957. The van der Waals surface area contributed by atoms with Gasteiger partial charge in [0.1, 0.15) is 0 Å². The van der Waals surface area contributed by atoms with Gasteiger partial charge in [-0.25, -0.2) is 0 Å². The monoisotopic (exact) mass is 229 g/mol. The van der Waals surface area contributed by atoms with E-state index in [1.54, 1.807) is 11.8 Å².